The Bertz CT molecular complexity index is 433. The van der Waals surface area contributed by atoms with Crippen LogP contribution in [0.4, 0.5) is 0 Å². The molecule has 0 bridgehead atoms. The normalized spacial score (nSPS) is 16.8. The van der Waals surface area contributed by atoms with Crippen molar-refractivity contribution in [3.8, 4) is 0 Å². The molecule has 0 atom stereocenters. The summed E-state index contributed by atoms with van der Waals surface area (Å²) in [4.78, 5) is 4.51. The fraction of sp³-hybridized carbons (Fsp3) is 0.588. The number of guanidine groups is 1. The van der Waals surface area contributed by atoms with Crippen molar-refractivity contribution < 1.29 is 0 Å². The van der Waals surface area contributed by atoms with Crippen molar-refractivity contribution in [1.82, 2.24) is 5.32 Å². The molecule has 3 N–H and O–H groups in total. The van der Waals surface area contributed by atoms with Gasteiger partial charge in [-0.25, -0.2) is 0 Å². The zero-order valence-corrected chi connectivity index (χ0v) is 12.7. The van der Waals surface area contributed by atoms with Crippen LogP contribution in [0.2, 0.25) is 0 Å². The minimum atomic E-state index is 0.129. The van der Waals surface area contributed by atoms with Crippen LogP contribution in [0.15, 0.2) is 35.3 Å². The lowest BCUT2D eigenvalue weighted by Crippen LogP contribution is -2.38. The van der Waals surface area contributed by atoms with Gasteiger partial charge in [0.05, 0.1) is 0 Å². The van der Waals surface area contributed by atoms with Crippen molar-refractivity contribution in [2.24, 2.45) is 22.1 Å². The molecule has 0 spiro atoms. The van der Waals surface area contributed by atoms with Crippen LogP contribution in [0.5, 0.6) is 0 Å². The van der Waals surface area contributed by atoms with E-state index in [0.717, 1.165) is 25.4 Å². The molecule has 2 rings (SSSR count). The highest BCUT2D eigenvalue weighted by molar-refractivity contribution is 5.77. The van der Waals surface area contributed by atoms with Gasteiger partial charge in [-0.3, -0.25) is 4.99 Å². The summed E-state index contributed by atoms with van der Waals surface area (Å²) >= 11 is 0. The maximum atomic E-state index is 5.94. The number of hydrogen-bond donors (Lipinski definition) is 2. The summed E-state index contributed by atoms with van der Waals surface area (Å²) in [7, 11) is 0. The van der Waals surface area contributed by atoms with E-state index in [9.17, 15) is 0 Å². The number of rotatable bonds is 6. The number of hydrogen-bond acceptors (Lipinski definition) is 1. The van der Waals surface area contributed by atoms with E-state index >= 15 is 0 Å². The maximum absolute atomic E-state index is 5.94. The van der Waals surface area contributed by atoms with E-state index in [1.807, 2.05) is 0 Å². The SMILES string of the molecule is CC(C)(CN=C(N)NCC1CCC1)Cc1ccccc1. The molecule has 1 aliphatic rings. The van der Waals surface area contributed by atoms with Crippen LogP contribution in [0.25, 0.3) is 0 Å². The lowest BCUT2D eigenvalue weighted by Gasteiger charge is -2.26. The van der Waals surface area contributed by atoms with Crippen molar-refractivity contribution in [2.45, 2.75) is 39.5 Å². The summed E-state index contributed by atoms with van der Waals surface area (Å²) in [6.07, 6.45) is 5.06. The van der Waals surface area contributed by atoms with Crippen molar-refractivity contribution in [2.75, 3.05) is 13.1 Å². The summed E-state index contributed by atoms with van der Waals surface area (Å²) in [5, 5.41) is 3.25. The first-order valence-corrected chi connectivity index (χ1v) is 7.63. The predicted molar refractivity (Wildman–Crippen MR) is 85.8 cm³/mol. The second-order valence-electron chi connectivity index (χ2n) is 6.71. The van der Waals surface area contributed by atoms with Crippen LogP contribution in [0.3, 0.4) is 0 Å². The molecule has 0 saturated heterocycles. The first kappa shape index (κ1) is 14.9. The average molecular weight is 273 g/mol. The van der Waals surface area contributed by atoms with Gasteiger partial charge in [0.25, 0.3) is 0 Å². The van der Waals surface area contributed by atoms with Crippen molar-refractivity contribution in [3.05, 3.63) is 35.9 Å². The van der Waals surface area contributed by atoms with Gasteiger partial charge in [0.15, 0.2) is 5.96 Å². The zero-order chi connectivity index (χ0) is 14.4. The Morgan fingerprint density at radius 2 is 2.00 bits per heavy atom. The molecule has 0 heterocycles. The number of nitrogens with zero attached hydrogens (tertiary/aromatic N) is 1. The molecule has 1 saturated carbocycles. The van der Waals surface area contributed by atoms with E-state index in [1.165, 1.54) is 24.8 Å². The molecule has 1 aromatic carbocycles. The van der Waals surface area contributed by atoms with Crippen LogP contribution in [0.1, 0.15) is 38.7 Å². The molecule has 1 fully saturated rings. The Balaban J connectivity index is 1.77. The minimum Gasteiger partial charge on any atom is -0.370 e. The Morgan fingerprint density at radius 3 is 2.60 bits per heavy atom. The van der Waals surface area contributed by atoms with Gasteiger partial charge in [-0.1, -0.05) is 50.6 Å². The van der Waals surface area contributed by atoms with Crippen LogP contribution in [0, 0.1) is 11.3 Å². The number of nitrogens with one attached hydrogen (secondary N) is 1. The van der Waals surface area contributed by atoms with E-state index in [0.29, 0.717) is 5.96 Å². The molecular formula is C17H27N3. The van der Waals surface area contributed by atoms with Gasteiger partial charge < -0.3 is 11.1 Å². The molecule has 0 amide bonds. The van der Waals surface area contributed by atoms with E-state index in [2.05, 4.69) is 54.5 Å². The van der Waals surface area contributed by atoms with Crippen LogP contribution < -0.4 is 11.1 Å². The van der Waals surface area contributed by atoms with Crippen LogP contribution in [-0.4, -0.2) is 19.0 Å². The Labute approximate surface area is 122 Å². The molecule has 110 valence electrons. The van der Waals surface area contributed by atoms with Gasteiger partial charge in [0.2, 0.25) is 0 Å². The first-order valence-electron chi connectivity index (χ1n) is 7.63. The van der Waals surface area contributed by atoms with Gasteiger partial charge in [0, 0.05) is 13.1 Å². The summed E-state index contributed by atoms with van der Waals surface area (Å²) in [5.41, 5.74) is 7.42. The van der Waals surface area contributed by atoms with Crippen molar-refractivity contribution in [1.29, 1.82) is 0 Å². The largest absolute Gasteiger partial charge is 0.370 e. The molecule has 0 aliphatic heterocycles. The monoisotopic (exact) mass is 273 g/mol. The van der Waals surface area contributed by atoms with Crippen LogP contribution >= 0.6 is 0 Å². The predicted octanol–water partition coefficient (Wildman–Crippen LogP) is 2.96. The van der Waals surface area contributed by atoms with Gasteiger partial charge in [-0.2, -0.15) is 0 Å². The third-order valence-corrected chi connectivity index (χ3v) is 4.00. The third-order valence-electron chi connectivity index (χ3n) is 4.00. The summed E-state index contributed by atoms with van der Waals surface area (Å²) in [6.45, 7) is 6.21. The van der Waals surface area contributed by atoms with E-state index in [1.54, 1.807) is 0 Å². The molecule has 3 nitrogen and oxygen atoms in total. The van der Waals surface area contributed by atoms with Crippen molar-refractivity contribution in [3.63, 3.8) is 0 Å². The summed E-state index contributed by atoms with van der Waals surface area (Å²) in [5.74, 6) is 1.40. The van der Waals surface area contributed by atoms with Gasteiger partial charge in [-0.05, 0) is 36.2 Å². The average Bonchev–Trinajstić information content (AvgIpc) is 2.35. The molecule has 3 heteroatoms. The third kappa shape index (κ3) is 4.87. The second-order valence-corrected chi connectivity index (χ2v) is 6.71. The molecule has 1 aromatic rings. The van der Waals surface area contributed by atoms with Crippen LogP contribution in [-0.2, 0) is 6.42 Å². The lowest BCUT2D eigenvalue weighted by molar-refractivity contribution is 0.315. The van der Waals surface area contributed by atoms with Crippen molar-refractivity contribution >= 4 is 5.96 Å². The number of aliphatic imine (C=N–C) groups is 1. The highest BCUT2D eigenvalue weighted by Gasteiger charge is 2.19. The molecule has 20 heavy (non-hydrogen) atoms. The fourth-order valence-electron chi connectivity index (χ4n) is 2.51. The topological polar surface area (TPSA) is 50.4 Å². The van der Waals surface area contributed by atoms with Gasteiger partial charge >= 0.3 is 0 Å². The Morgan fingerprint density at radius 1 is 1.30 bits per heavy atom. The Hall–Kier alpha value is -1.51. The molecule has 0 unspecified atom stereocenters. The number of benzene rings is 1. The summed E-state index contributed by atoms with van der Waals surface area (Å²) in [6, 6.07) is 10.6. The first-order chi connectivity index (χ1) is 9.55. The van der Waals surface area contributed by atoms with E-state index in [-0.39, 0.29) is 5.41 Å². The Kier molecular flexibility index (Phi) is 5.05. The zero-order valence-electron chi connectivity index (χ0n) is 12.7. The smallest absolute Gasteiger partial charge is 0.188 e. The quantitative estimate of drug-likeness (QED) is 0.618. The number of nitrogens with two attached hydrogens (primary N) is 1. The standard InChI is InChI=1S/C17H27N3/c1-17(2,11-14-7-4-3-5-8-14)13-20-16(18)19-12-15-9-6-10-15/h3-5,7-8,15H,6,9-13H2,1-2H3,(H3,18,19,20). The molecule has 0 radical (unpaired) electrons. The van der Waals surface area contributed by atoms with E-state index < -0.39 is 0 Å². The minimum absolute atomic E-state index is 0.129. The lowest BCUT2D eigenvalue weighted by atomic mass is 9.85. The van der Waals surface area contributed by atoms with Gasteiger partial charge in [0.1, 0.15) is 0 Å². The highest BCUT2D eigenvalue weighted by Crippen LogP contribution is 2.25. The fourth-order valence-corrected chi connectivity index (χ4v) is 2.51. The molecule has 0 aromatic heterocycles. The van der Waals surface area contributed by atoms with E-state index in [4.69, 9.17) is 5.73 Å². The molecule has 1 aliphatic carbocycles. The molecular weight excluding hydrogens is 246 g/mol. The summed E-state index contributed by atoms with van der Waals surface area (Å²) < 4.78 is 0. The maximum Gasteiger partial charge on any atom is 0.188 e. The highest BCUT2D eigenvalue weighted by atomic mass is 15.1. The second kappa shape index (κ2) is 6.78. The van der Waals surface area contributed by atoms with Gasteiger partial charge in [-0.15, -0.1) is 0 Å².